The van der Waals surface area contributed by atoms with Gasteiger partial charge in [-0.1, -0.05) is 17.7 Å². The van der Waals surface area contributed by atoms with E-state index in [0.717, 1.165) is 5.56 Å². The molecule has 0 spiro atoms. The summed E-state index contributed by atoms with van der Waals surface area (Å²) in [5, 5.41) is 3.15. The molecule has 150 valence electrons. The van der Waals surface area contributed by atoms with Gasteiger partial charge in [0.1, 0.15) is 0 Å². The number of aryl methyl sites for hydroxylation is 1. The molecule has 0 unspecified atom stereocenters. The molecule has 1 amide bonds. The Kier molecular flexibility index (Phi) is 7.96. The zero-order valence-corrected chi connectivity index (χ0v) is 17.2. The van der Waals surface area contributed by atoms with Gasteiger partial charge in [-0.25, -0.2) is 8.42 Å². The van der Waals surface area contributed by atoms with Gasteiger partial charge in [0.2, 0.25) is 15.9 Å². The van der Waals surface area contributed by atoms with Gasteiger partial charge in [0.15, 0.2) is 5.11 Å². The zero-order valence-electron chi connectivity index (χ0n) is 15.5. The van der Waals surface area contributed by atoms with Crippen molar-refractivity contribution in [1.29, 1.82) is 0 Å². The smallest absolute Gasteiger partial charge is 0.243 e. The Morgan fingerprint density at radius 2 is 2.00 bits per heavy atom. The number of benzene rings is 1. The van der Waals surface area contributed by atoms with Crippen LogP contribution in [-0.2, 0) is 19.6 Å². The van der Waals surface area contributed by atoms with Gasteiger partial charge in [-0.15, -0.1) is 0 Å². The minimum absolute atomic E-state index is 0.146. The molecule has 1 saturated heterocycles. The topological polar surface area (TPSA) is 99.8 Å². The summed E-state index contributed by atoms with van der Waals surface area (Å²) in [6.07, 6.45) is 1.25. The molecule has 0 radical (unpaired) electrons. The van der Waals surface area contributed by atoms with Crippen LogP contribution in [0.15, 0.2) is 29.2 Å². The number of hydrazine groups is 1. The van der Waals surface area contributed by atoms with Crippen LogP contribution in [0.2, 0.25) is 0 Å². The second-order valence-corrected chi connectivity index (χ2v) is 8.72. The van der Waals surface area contributed by atoms with Crippen molar-refractivity contribution in [1.82, 2.24) is 20.5 Å². The van der Waals surface area contributed by atoms with Crippen LogP contribution in [-0.4, -0.2) is 57.1 Å². The Bertz CT molecular complexity index is 753. The number of sulfonamides is 1. The molecule has 0 aliphatic carbocycles. The number of amides is 1. The fourth-order valence-electron chi connectivity index (χ4n) is 2.77. The Hall–Kier alpha value is -1.75. The summed E-state index contributed by atoms with van der Waals surface area (Å²) in [6, 6.07) is 6.73. The summed E-state index contributed by atoms with van der Waals surface area (Å²) in [7, 11) is -2.03. The average molecular weight is 415 g/mol. The monoisotopic (exact) mass is 414 g/mol. The van der Waals surface area contributed by atoms with Crippen LogP contribution in [0.1, 0.15) is 18.4 Å². The first kappa shape index (κ1) is 21.5. The van der Waals surface area contributed by atoms with Crippen molar-refractivity contribution < 1.29 is 17.9 Å². The zero-order chi connectivity index (χ0) is 19.9. The Morgan fingerprint density at radius 1 is 1.30 bits per heavy atom. The van der Waals surface area contributed by atoms with Gasteiger partial charge in [-0.3, -0.25) is 15.6 Å². The molecule has 1 aromatic carbocycles. The number of thiocarbonyl (C=S) groups is 1. The van der Waals surface area contributed by atoms with Gasteiger partial charge in [0, 0.05) is 26.7 Å². The van der Waals surface area contributed by atoms with Crippen LogP contribution in [0.3, 0.4) is 0 Å². The van der Waals surface area contributed by atoms with Crippen molar-refractivity contribution in [3.8, 4) is 0 Å². The van der Waals surface area contributed by atoms with E-state index in [1.54, 1.807) is 31.4 Å². The van der Waals surface area contributed by atoms with Gasteiger partial charge in [-0.05, 0) is 44.1 Å². The van der Waals surface area contributed by atoms with E-state index < -0.39 is 15.9 Å². The van der Waals surface area contributed by atoms with E-state index in [1.165, 1.54) is 4.31 Å². The van der Waals surface area contributed by atoms with E-state index in [1.807, 2.05) is 6.92 Å². The van der Waals surface area contributed by atoms with Gasteiger partial charge in [0.25, 0.3) is 0 Å². The molecule has 2 rings (SSSR count). The van der Waals surface area contributed by atoms with Crippen LogP contribution < -0.4 is 16.2 Å². The first-order valence-electron chi connectivity index (χ1n) is 8.74. The Balaban J connectivity index is 1.92. The highest BCUT2D eigenvalue weighted by atomic mass is 32.2. The van der Waals surface area contributed by atoms with E-state index in [2.05, 4.69) is 16.2 Å². The maximum atomic E-state index is 12.8. The molecule has 1 atom stereocenters. The molecule has 1 heterocycles. The molecular formula is C17H26N4O4S2. The summed E-state index contributed by atoms with van der Waals surface area (Å²) in [5.74, 6) is -0.719. The van der Waals surface area contributed by atoms with Crippen molar-refractivity contribution >= 4 is 33.3 Å². The molecule has 8 nitrogen and oxygen atoms in total. The number of methoxy groups -OCH3 is 1. The third-order valence-corrected chi connectivity index (χ3v) is 6.43. The number of nitrogens with one attached hydrogen (secondary N) is 3. The third kappa shape index (κ3) is 6.13. The van der Waals surface area contributed by atoms with E-state index >= 15 is 0 Å². The number of piperidine rings is 1. The highest BCUT2D eigenvalue weighted by Gasteiger charge is 2.33. The predicted octanol–water partition coefficient (Wildman–Crippen LogP) is 0.537. The maximum absolute atomic E-state index is 12.8. The molecule has 1 aromatic rings. The summed E-state index contributed by atoms with van der Waals surface area (Å²) < 4.78 is 31.9. The number of carbonyl (C=O) groups is 1. The first-order valence-corrected chi connectivity index (χ1v) is 10.6. The maximum Gasteiger partial charge on any atom is 0.243 e. The van der Waals surface area contributed by atoms with Gasteiger partial charge in [0.05, 0.1) is 17.4 Å². The average Bonchev–Trinajstić information content (AvgIpc) is 2.67. The molecule has 1 aliphatic rings. The van der Waals surface area contributed by atoms with Crippen LogP contribution >= 0.6 is 12.2 Å². The lowest BCUT2D eigenvalue weighted by molar-refractivity contribution is -0.126. The molecular weight excluding hydrogens is 388 g/mol. The highest BCUT2D eigenvalue weighted by molar-refractivity contribution is 7.89. The van der Waals surface area contributed by atoms with E-state index in [0.29, 0.717) is 32.5 Å². The molecule has 1 aliphatic heterocycles. The van der Waals surface area contributed by atoms with E-state index in [9.17, 15) is 13.2 Å². The Labute approximate surface area is 165 Å². The number of hydrogen-bond donors (Lipinski definition) is 3. The quantitative estimate of drug-likeness (QED) is 0.355. The second kappa shape index (κ2) is 9.98. The molecule has 3 N–H and O–H groups in total. The SMILES string of the molecule is COCCNC(=S)NNC(=O)[C@@H]1CCCN(S(=O)(=O)c2ccc(C)cc2)C1. The summed E-state index contributed by atoms with van der Waals surface area (Å²) >= 11 is 5.05. The number of ether oxygens (including phenoxy) is 1. The number of rotatable bonds is 6. The first-order chi connectivity index (χ1) is 12.8. The Morgan fingerprint density at radius 3 is 2.67 bits per heavy atom. The van der Waals surface area contributed by atoms with Crippen LogP contribution in [0.4, 0.5) is 0 Å². The largest absolute Gasteiger partial charge is 0.383 e. The molecule has 1 fully saturated rings. The minimum atomic E-state index is -3.61. The lowest BCUT2D eigenvalue weighted by Crippen LogP contribution is -2.52. The van der Waals surface area contributed by atoms with Gasteiger partial charge in [-0.2, -0.15) is 4.31 Å². The van der Waals surface area contributed by atoms with E-state index in [-0.39, 0.29) is 22.5 Å². The summed E-state index contributed by atoms with van der Waals surface area (Å²) in [4.78, 5) is 12.6. The minimum Gasteiger partial charge on any atom is -0.383 e. The molecule has 27 heavy (non-hydrogen) atoms. The molecule has 0 saturated carbocycles. The van der Waals surface area contributed by atoms with Crippen molar-refractivity contribution in [3.05, 3.63) is 29.8 Å². The van der Waals surface area contributed by atoms with Crippen LogP contribution in [0, 0.1) is 12.8 Å². The number of hydrogen-bond acceptors (Lipinski definition) is 5. The second-order valence-electron chi connectivity index (χ2n) is 6.38. The van der Waals surface area contributed by atoms with Crippen LogP contribution in [0.25, 0.3) is 0 Å². The molecule has 0 aromatic heterocycles. The van der Waals surface area contributed by atoms with Crippen molar-refractivity contribution in [2.24, 2.45) is 5.92 Å². The van der Waals surface area contributed by atoms with Crippen LogP contribution in [0.5, 0.6) is 0 Å². The van der Waals surface area contributed by atoms with Crippen molar-refractivity contribution in [3.63, 3.8) is 0 Å². The van der Waals surface area contributed by atoms with E-state index in [4.69, 9.17) is 17.0 Å². The highest BCUT2D eigenvalue weighted by Crippen LogP contribution is 2.24. The molecule has 0 bridgehead atoms. The lowest BCUT2D eigenvalue weighted by Gasteiger charge is -2.31. The number of nitrogens with zero attached hydrogens (tertiary/aromatic N) is 1. The fourth-order valence-corrected chi connectivity index (χ4v) is 4.44. The van der Waals surface area contributed by atoms with Crippen molar-refractivity contribution in [2.45, 2.75) is 24.7 Å². The van der Waals surface area contributed by atoms with Gasteiger partial charge < -0.3 is 10.1 Å². The third-order valence-electron chi connectivity index (χ3n) is 4.30. The summed E-state index contributed by atoms with van der Waals surface area (Å²) in [6.45, 7) is 3.46. The summed E-state index contributed by atoms with van der Waals surface area (Å²) in [5.41, 5.74) is 6.16. The lowest BCUT2D eigenvalue weighted by atomic mass is 9.99. The predicted molar refractivity (Wildman–Crippen MR) is 106 cm³/mol. The molecule has 10 heteroatoms. The van der Waals surface area contributed by atoms with Crippen molar-refractivity contribution in [2.75, 3.05) is 33.4 Å². The number of carbonyl (C=O) groups excluding carboxylic acids is 1. The van der Waals surface area contributed by atoms with Gasteiger partial charge >= 0.3 is 0 Å². The standard InChI is InChI=1S/C17H26N4O4S2/c1-13-5-7-15(8-6-13)27(23,24)21-10-3-4-14(12-21)16(22)19-20-17(26)18-9-11-25-2/h5-8,14H,3-4,9-12H2,1-2H3,(H,19,22)(H2,18,20,26)/t14-/m1/s1. The normalized spacial score (nSPS) is 17.9. The fraction of sp³-hybridized carbons (Fsp3) is 0.529.